The maximum atomic E-state index is 11.6. The molecular weight excluding hydrogens is 340 g/mol. The minimum atomic E-state index is -0.149. The largest absolute Gasteiger partial charge is 0.469 e. The van der Waals surface area contributed by atoms with Crippen molar-refractivity contribution in [2.75, 3.05) is 12.9 Å². The Bertz CT molecular complexity index is 538. The summed E-state index contributed by atoms with van der Waals surface area (Å²) in [4.78, 5) is 24.0. The van der Waals surface area contributed by atoms with Gasteiger partial charge in [-0.1, -0.05) is 15.9 Å². The molecule has 0 amide bonds. The maximum absolute atomic E-state index is 11.6. The third kappa shape index (κ3) is 3.85. The van der Waals surface area contributed by atoms with Gasteiger partial charge in [-0.05, 0) is 43.4 Å². The van der Waals surface area contributed by atoms with Gasteiger partial charge in [0.1, 0.15) is 0 Å². The van der Waals surface area contributed by atoms with Gasteiger partial charge in [-0.25, -0.2) is 0 Å². The first-order valence-electron chi connectivity index (χ1n) is 6.46. The standard InChI is InChI=1S/C15H17BrO3S/c1-10(17)12-4-3-11(16)7-13(12)20-9-15(5-6-15)8-14(18)19-2/h3-4,7H,5-6,8-9H2,1-2H3. The molecule has 0 heterocycles. The molecule has 1 aliphatic rings. The van der Waals surface area contributed by atoms with Crippen LogP contribution in [-0.2, 0) is 9.53 Å². The number of rotatable bonds is 6. The molecule has 2 rings (SSSR count). The average molecular weight is 357 g/mol. The Morgan fingerprint density at radius 3 is 2.65 bits per heavy atom. The van der Waals surface area contributed by atoms with E-state index in [1.165, 1.54) is 7.11 Å². The lowest BCUT2D eigenvalue weighted by molar-refractivity contribution is -0.141. The first kappa shape index (κ1) is 15.6. The fourth-order valence-electron chi connectivity index (χ4n) is 2.06. The molecule has 1 aromatic rings. The lowest BCUT2D eigenvalue weighted by Gasteiger charge is -2.14. The molecule has 0 atom stereocenters. The molecule has 0 bridgehead atoms. The van der Waals surface area contributed by atoms with E-state index in [0.717, 1.165) is 33.5 Å². The Morgan fingerprint density at radius 1 is 1.40 bits per heavy atom. The van der Waals surface area contributed by atoms with E-state index in [9.17, 15) is 9.59 Å². The first-order valence-corrected chi connectivity index (χ1v) is 8.24. The van der Waals surface area contributed by atoms with E-state index in [4.69, 9.17) is 4.74 Å². The van der Waals surface area contributed by atoms with Gasteiger partial charge in [0.15, 0.2) is 5.78 Å². The van der Waals surface area contributed by atoms with Crippen LogP contribution in [0.2, 0.25) is 0 Å². The van der Waals surface area contributed by atoms with Crippen molar-refractivity contribution >= 4 is 39.4 Å². The van der Waals surface area contributed by atoms with Crippen molar-refractivity contribution in [3.8, 4) is 0 Å². The van der Waals surface area contributed by atoms with Crippen molar-refractivity contribution in [2.45, 2.75) is 31.1 Å². The van der Waals surface area contributed by atoms with Crippen molar-refractivity contribution in [3.63, 3.8) is 0 Å². The molecule has 0 unspecified atom stereocenters. The molecule has 0 saturated heterocycles. The molecule has 5 heteroatoms. The van der Waals surface area contributed by atoms with Gasteiger partial charge in [-0.15, -0.1) is 11.8 Å². The highest BCUT2D eigenvalue weighted by Crippen LogP contribution is 2.52. The molecule has 0 aromatic heterocycles. The van der Waals surface area contributed by atoms with Crippen LogP contribution in [-0.4, -0.2) is 24.6 Å². The van der Waals surface area contributed by atoms with Crippen LogP contribution in [0, 0.1) is 5.41 Å². The van der Waals surface area contributed by atoms with Crippen LogP contribution in [0.4, 0.5) is 0 Å². The molecular formula is C15H17BrO3S. The molecule has 0 radical (unpaired) electrons. The Hall–Kier alpha value is -0.810. The average Bonchev–Trinajstić information content (AvgIpc) is 3.16. The van der Waals surface area contributed by atoms with E-state index >= 15 is 0 Å². The molecule has 1 saturated carbocycles. The zero-order valence-electron chi connectivity index (χ0n) is 11.6. The number of halogens is 1. The predicted octanol–water partition coefficient (Wildman–Crippen LogP) is 4.09. The van der Waals surface area contributed by atoms with Crippen molar-refractivity contribution < 1.29 is 14.3 Å². The van der Waals surface area contributed by atoms with Gasteiger partial charge in [0.25, 0.3) is 0 Å². The number of Topliss-reactive ketones (excluding diaryl/α,β-unsaturated/α-hetero) is 1. The van der Waals surface area contributed by atoms with Gasteiger partial charge in [-0.2, -0.15) is 0 Å². The maximum Gasteiger partial charge on any atom is 0.306 e. The van der Waals surface area contributed by atoms with E-state index in [2.05, 4.69) is 15.9 Å². The van der Waals surface area contributed by atoms with E-state index in [1.54, 1.807) is 18.7 Å². The van der Waals surface area contributed by atoms with Gasteiger partial charge < -0.3 is 4.74 Å². The predicted molar refractivity (Wildman–Crippen MR) is 83.2 cm³/mol. The second-order valence-electron chi connectivity index (χ2n) is 5.24. The molecule has 20 heavy (non-hydrogen) atoms. The summed E-state index contributed by atoms with van der Waals surface area (Å²) < 4.78 is 5.71. The monoisotopic (exact) mass is 356 g/mol. The Balaban J connectivity index is 2.06. The molecule has 0 aliphatic heterocycles. The number of hydrogen-bond acceptors (Lipinski definition) is 4. The number of methoxy groups -OCH3 is 1. The van der Waals surface area contributed by atoms with Gasteiger partial charge in [0, 0.05) is 20.7 Å². The summed E-state index contributed by atoms with van der Waals surface area (Å²) in [5, 5.41) is 0. The summed E-state index contributed by atoms with van der Waals surface area (Å²) >= 11 is 5.09. The van der Waals surface area contributed by atoms with E-state index in [0.29, 0.717) is 6.42 Å². The Labute approximate surface area is 131 Å². The molecule has 1 fully saturated rings. The van der Waals surface area contributed by atoms with Gasteiger partial charge in [0.2, 0.25) is 0 Å². The summed E-state index contributed by atoms with van der Waals surface area (Å²) in [6.07, 6.45) is 2.58. The van der Waals surface area contributed by atoms with Crippen LogP contribution in [0.1, 0.15) is 36.5 Å². The highest BCUT2D eigenvalue weighted by Gasteiger charge is 2.44. The van der Waals surface area contributed by atoms with E-state index in [1.807, 2.05) is 18.2 Å². The number of carbonyl (C=O) groups excluding carboxylic acids is 2. The quantitative estimate of drug-likeness (QED) is 0.437. The van der Waals surface area contributed by atoms with Crippen LogP contribution in [0.5, 0.6) is 0 Å². The van der Waals surface area contributed by atoms with Crippen LogP contribution in [0.15, 0.2) is 27.6 Å². The molecule has 108 valence electrons. The molecule has 1 aliphatic carbocycles. The lowest BCUT2D eigenvalue weighted by Crippen LogP contribution is -2.13. The lowest BCUT2D eigenvalue weighted by atomic mass is 10.1. The molecule has 3 nitrogen and oxygen atoms in total. The summed E-state index contributed by atoms with van der Waals surface area (Å²) in [6, 6.07) is 5.69. The van der Waals surface area contributed by atoms with Crippen molar-refractivity contribution in [3.05, 3.63) is 28.2 Å². The van der Waals surface area contributed by atoms with Crippen molar-refractivity contribution in [1.29, 1.82) is 0 Å². The number of benzene rings is 1. The SMILES string of the molecule is COC(=O)CC1(CSc2cc(Br)ccc2C(C)=O)CC1. The topological polar surface area (TPSA) is 43.4 Å². The zero-order chi connectivity index (χ0) is 14.8. The number of carbonyl (C=O) groups is 2. The summed E-state index contributed by atoms with van der Waals surface area (Å²) in [6.45, 7) is 1.58. The smallest absolute Gasteiger partial charge is 0.306 e. The molecule has 1 aromatic carbocycles. The number of ketones is 1. The van der Waals surface area contributed by atoms with E-state index in [-0.39, 0.29) is 17.2 Å². The second-order valence-corrected chi connectivity index (χ2v) is 7.17. The first-order chi connectivity index (χ1) is 9.46. The van der Waals surface area contributed by atoms with Crippen LogP contribution in [0.25, 0.3) is 0 Å². The van der Waals surface area contributed by atoms with Gasteiger partial charge >= 0.3 is 5.97 Å². The summed E-state index contributed by atoms with van der Waals surface area (Å²) in [7, 11) is 1.42. The number of ether oxygens (including phenoxy) is 1. The van der Waals surface area contributed by atoms with E-state index < -0.39 is 0 Å². The van der Waals surface area contributed by atoms with Crippen molar-refractivity contribution in [1.82, 2.24) is 0 Å². The Morgan fingerprint density at radius 2 is 2.10 bits per heavy atom. The highest BCUT2D eigenvalue weighted by atomic mass is 79.9. The Kier molecular flexibility index (Phi) is 4.91. The minimum absolute atomic E-state index is 0.0636. The van der Waals surface area contributed by atoms with Gasteiger partial charge in [0.05, 0.1) is 13.5 Å². The summed E-state index contributed by atoms with van der Waals surface area (Å²) in [5.74, 6) is 0.765. The van der Waals surface area contributed by atoms with Crippen LogP contribution >= 0.6 is 27.7 Å². The van der Waals surface area contributed by atoms with Crippen LogP contribution < -0.4 is 0 Å². The molecule has 0 N–H and O–H groups in total. The fraction of sp³-hybridized carbons (Fsp3) is 0.467. The number of hydrogen-bond donors (Lipinski definition) is 0. The highest BCUT2D eigenvalue weighted by molar-refractivity contribution is 9.10. The van der Waals surface area contributed by atoms with Crippen LogP contribution in [0.3, 0.4) is 0 Å². The third-order valence-electron chi connectivity index (χ3n) is 3.56. The van der Waals surface area contributed by atoms with Crippen molar-refractivity contribution in [2.24, 2.45) is 5.41 Å². The fourth-order valence-corrected chi connectivity index (χ4v) is 4.01. The molecule has 0 spiro atoms. The normalized spacial score (nSPS) is 15.8. The second kappa shape index (κ2) is 6.31. The number of thioether (sulfide) groups is 1. The zero-order valence-corrected chi connectivity index (χ0v) is 14.0. The number of esters is 1. The summed E-state index contributed by atoms with van der Waals surface area (Å²) in [5.41, 5.74) is 0.806. The van der Waals surface area contributed by atoms with Gasteiger partial charge in [-0.3, -0.25) is 9.59 Å². The third-order valence-corrected chi connectivity index (χ3v) is 5.46. The minimum Gasteiger partial charge on any atom is -0.469 e.